The predicted octanol–water partition coefficient (Wildman–Crippen LogP) is 4.70. The molecule has 0 spiro atoms. The number of phenols is 1. The molecule has 2 aromatic carbocycles. The summed E-state index contributed by atoms with van der Waals surface area (Å²) < 4.78 is 22.6. The minimum Gasteiger partial charge on any atom is -0.506 e. The molecule has 0 radical (unpaired) electrons. The van der Waals surface area contributed by atoms with Gasteiger partial charge in [-0.25, -0.2) is 0 Å². The molecular weight excluding hydrogens is 444 g/mol. The minimum atomic E-state index is -0.186. The molecule has 0 saturated carbocycles. The smallest absolute Gasteiger partial charge is 0.138 e. The van der Waals surface area contributed by atoms with Crippen molar-refractivity contribution in [1.82, 2.24) is 5.32 Å². The number of nitrogens with one attached hydrogen (secondary N) is 2. The van der Waals surface area contributed by atoms with Crippen LogP contribution in [0, 0.1) is 0 Å². The Kier molecular flexibility index (Phi) is 10.2. The van der Waals surface area contributed by atoms with Gasteiger partial charge in [0.15, 0.2) is 0 Å². The first-order chi connectivity index (χ1) is 16.8. The number of hydrogen-bond donors (Lipinski definition) is 3. The molecule has 194 valence electrons. The highest BCUT2D eigenvalue weighted by Gasteiger charge is 2.34. The third-order valence-electron chi connectivity index (χ3n) is 6.80. The Morgan fingerprint density at radius 2 is 1.86 bits per heavy atom. The summed E-state index contributed by atoms with van der Waals surface area (Å²) >= 11 is 0. The molecule has 0 amide bonds. The molecule has 3 atom stereocenters. The quantitative estimate of drug-likeness (QED) is 0.280. The van der Waals surface area contributed by atoms with Crippen molar-refractivity contribution >= 4 is 5.69 Å². The first kappa shape index (κ1) is 27.3. The van der Waals surface area contributed by atoms with Crippen molar-refractivity contribution in [3.05, 3.63) is 53.6 Å². The molecule has 0 aliphatic carbocycles. The summed E-state index contributed by atoms with van der Waals surface area (Å²) in [7, 11) is 5.15. The van der Waals surface area contributed by atoms with Crippen LogP contribution in [0.3, 0.4) is 0 Å². The van der Waals surface area contributed by atoms with Gasteiger partial charge in [-0.1, -0.05) is 18.2 Å². The van der Waals surface area contributed by atoms with Gasteiger partial charge in [0.05, 0.1) is 31.1 Å². The van der Waals surface area contributed by atoms with E-state index in [-0.39, 0.29) is 23.4 Å². The van der Waals surface area contributed by atoms with Gasteiger partial charge in [0.1, 0.15) is 11.5 Å². The maximum atomic E-state index is 10.2. The van der Waals surface area contributed by atoms with Crippen molar-refractivity contribution < 1.29 is 24.1 Å². The molecule has 0 unspecified atom stereocenters. The fourth-order valence-corrected chi connectivity index (χ4v) is 4.63. The van der Waals surface area contributed by atoms with Crippen molar-refractivity contribution in [2.45, 2.75) is 63.4 Å². The lowest BCUT2D eigenvalue weighted by Crippen LogP contribution is -2.49. The molecule has 1 aliphatic heterocycles. The molecule has 3 rings (SSSR count). The molecule has 7 heteroatoms. The molecule has 2 aromatic rings. The van der Waals surface area contributed by atoms with Crippen LogP contribution in [0.15, 0.2) is 42.5 Å². The number of anilines is 1. The zero-order valence-corrected chi connectivity index (χ0v) is 21.8. The van der Waals surface area contributed by atoms with Crippen molar-refractivity contribution in [3.63, 3.8) is 0 Å². The Bertz CT molecular complexity index is 903. The number of hydrogen-bond acceptors (Lipinski definition) is 7. The number of methoxy groups -OCH3 is 3. The average molecular weight is 487 g/mol. The highest BCUT2D eigenvalue weighted by atomic mass is 16.5. The fraction of sp³-hybridized carbons (Fsp3) is 0.571. The summed E-state index contributed by atoms with van der Waals surface area (Å²) in [6.07, 6.45) is 2.79. The second-order valence-electron chi connectivity index (χ2n) is 9.86. The van der Waals surface area contributed by atoms with E-state index in [0.717, 1.165) is 49.4 Å². The number of phenolic OH excluding ortho intramolecular Hbond substituents is 1. The number of piperidine rings is 1. The van der Waals surface area contributed by atoms with Gasteiger partial charge in [-0.2, -0.15) is 0 Å². The highest BCUT2D eigenvalue weighted by molar-refractivity contribution is 5.57. The fourth-order valence-electron chi connectivity index (χ4n) is 4.63. The number of ether oxygens (including phenoxy) is 4. The van der Waals surface area contributed by atoms with Crippen LogP contribution >= 0.6 is 0 Å². The molecule has 7 nitrogen and oxygen atoms in total. The van der Waals surface area contributed by atoms with E-state index in [1.807, 2.05) is 24.3 Å². The second-order valence-corrected chi connectivity index (χ2v) is 9.86. The highest BCUT2D eigenvalue weighted by Crippen LogP contribution is 2.34. The number of aromatic hydroxyl groups is 1. The molecule has 35 heavy (non-hydrogen) atoms. The van der Waals surface area contributed by atoms with E-state index in [4.69, 9.17) is 18.9 Å². The zero-order valence-electron chi connectivity index (χ0n) is 21.8. The Morgan fingerprint density at radius 3 is 2.54 bits per heavy atom. The predicted molar refractivity (Wildman–Crippen MR) is 140 cm³/mol. The Morgan fingerprint density at radius 1 is 1.09 bits per heavy atom. The van der Waals surface area contributed by atoms with Crippen molar-refractivity contribution in [3.8, 4) is 11.5 Å². The minimum absolute atomic E-state index is 0.0252. The number of rotatable bonds is 13. The van der Waals surface area contributed by atoms with Gasteiger partial charge in [0.2, 0.25) is 0 Å². The van der Waals surface area contributed by atoms with Gasteiger partial charge >= 0.3 is 0 Å². The van der Waals surface area contributed by atoms with Crippen LogP contribution in [0.5, 0.6) is 11.5 Å². The van der Waals surface area contributed by atoms with Crippen LogP contribution in [-0.2, 0) is 20.8 Å². The molecule has 0 aromatic heterocycles. The van der Waals surface area contributed by atoms with E-state index in [1.165, 1.54) is 5.56 Å². The van der Waals surface area contributed by atoms with Crippen LogP contribution in [-0.4, -0.2) is 63.9 Å². The van der Waals surface area contributed by atoms with E-state index in [0.29, 0.717) is 19.3 Å². The maximum Gasteiger partial charge on any atom is 0.138 e. The van der Waals surface area contributed by atoms with Gasteiger partial charge in [-0.05, 0) is 68.5 Å². The van der Waals surface area contributed by atoms with Gasteiger partial charge < -0.3 is 34.7 Å². The van der Waals surface area contributed by atoms with Gasteiger partial charge in [0.25, 0.3) is 0 Å². The van der Waals surface area contributed by atoms with Crippen LogP contribution in [0.25, 0.3) is 0 Å². The Balaban J connectivity index is 1.69. The summed E-state index contributed by atoms with van der Waals surface area (Å²) in [5, 5.41) is 17.2. The summed E-state index contributed by atoms with van der Waals surface area (Å²) in [5.74, 6) is 1.35. The largest absolute Gasteiger partial charge is 0.506 e. The SMILES string of the molecule is COCCCNc1cc(CO[C@H]2CN[C@H](CC(C)(C)OC)C[C@@H]2c2ccc(OC)cc2)ccc1O. The van der Waals surface area contributed by atoms with E-state index in [9.17, 15) is 5.11 Å². The maximum absolute atomic E-state index is 10.2. The van der Waals surface area contributed by atoms with Crippen LogP contribution in [0.1, 0.15) is 50.2 Å². The molecule has 1 heterocycles. The molecule has 1 fully saturated rings. The van der Waals surface area contributed by atoms with E-state index < -0.39 is 0 Å². The summed E-state index contributed by atoms with van der Waals surface area (Å²) in [6, 6.07) is 14.3. The topological polar surface area (TPSA) is 81.2 Å². The van der Waals surface area contributed by atoms with E-state index in [2.05, 4.69) is 36.6 Å². The zero-order chi connectivity index (χ0) is 25.3. The molecule has 1 aliphatic rings. The monoisotopic (exact) mass is 486 g/mol. The van der Waals surface area contributed by atoms with Crippen molar-refractivity contribution in [2.75, 3.05) is 46.3 Å². The summed E-state index contributed by atoms with van der Waals surface area (Å²) in [5.41, 5.74) is 2.81. The molecule has 0 bridgehead atoms. The van der Waals surface area contributed by atoms with E-state index >= 15 is 0 Å². The number of benzene rings is 2. The normalized spacial score (nSPS) is 20.5. The lowest BCUT2D eigenvalue weighted by Gasteiger charge is -2.40. The third kappa shape index (κ3) is 8.10. The molecular formula is C28H42N2O5. The van der Waals surface area contributed by atoms with Gasteiger partial charge in [-0.3, -0.25) is 0 Å². The molecule has 1 saturated heterocycles. The van der Waals surface area contributed by atoms with Crippen molar-refractivity contribution in [1.29, 1.82) is 0 Å². The Hall–Kier alpha value is -2.32. The summed E-state index contributed by atoms with van der Waals surface area (Å²) in [4.78, 5) is 0. The first-order valence-corrected chi connectivity index (χ1v) is 12.4. The van der Waals surface area contributed by atoms with Gasteiger partial charge in [0, 0.05) is 45.9 Å². The first-order valence-electron chi connectivity index (χ1n) is 12.4. The molecule has 3 N–H and O–H groups in total. The van der Waals surface area contributed by atoms with Crippen LogP contribution in [0.2, 0.25) is 0 Å². The van der Waals surface area contributed by atoms with Crippen LogP contribution < -0.4 is 15.4 Å². The lowest BCUT2D eigenvalue weighted by molar-refractivity contribution is -0.0216. The lowest BCUT2D eigenvalue weighted by atomic mass is 9.81. The average Bonchev–Trinajstić information content (AvgIpc) is 2.87. The summed E-state index contributed by atoms with van der Waals surface area (Å²) in [6.45, 7) is 6.91. The van der Waals surface area contributed by atoms with E-state index in [1.54, 1.807) is 27.4 Å². The third-order valence-corrected chi connectivity index (χ3v) is 6.80. The Labute approximate surface area is 210 Å². The van der Waals surface area contributed by atoms with Gasteiger partial charge in [-0.15, -0.1) is 0 Å². The second kappa shape index (κ2) is 13.1. The van der Waals surface area contributed by atoms with Crippen LogP contribution in [0.4, 0.5) is 5.69 Å². The standard InChI is InChI=1S/C28H42N2O5/c1-28(2,34-5)17-22-16-24(21-8-10-23(33-4)11-9-21)27(18-30-22)35-19-20-7-12-26(31)25(15-20)29-13-6-14-32-3/h7-12,15,22,24,27,29-31H,6,13-14,16-19H2,1-5H3/t22-,24+,27-/m0/s1. The van der Waals surface area contributed by atoms with Crippen molar-refractivity contribution in [2.24, 2.45) is 0 Å².